The van der Waals surface area contributed by atoms with Crippen LogP contribution >= 0.6 is 0 Å². The minimum Gasteiger partial charge on any atom is -0.357 e. The SMILES string of the molecule is N#Cc1ccc(-c2cc3n(c2)Cc2nc(N4CCCCC4)ccc2-n2ccnc2-3)cc1. The van der Waals surface area contributed by atoms with Crippen molar-refractivity contribution >= 4 is 5.82 Å². The van der Waals surface area contributed by atoms with Crippen LogP contribution in [0.4, 0.5) is 5.82 Å². The molecule has 0 bridgehead atoms. The number of hydrogen-bond donors (Lipinski definition) is 0. The van der Waals surface area contributed by atoms with E-state index in [9.17, 15) is 0 Å². The number of fused-ring (bicyclic) bond motifs is 5. The molecule has 6 nitrogen and oxygen atoms in total. The number of anilines is 1. The van der Waals surface area contributed by atoms with Gasteiger partial charge in [0, 0.05) is 37.2 Å². The molecule has 5 heterocycles. The highest BCUT2D eigenvalue weighted by Crippen LogP contribution is 2.34. The average molecular weight is 406 g/mol. The van der Waals surface area contributed by atoms with Crippen molar-refractivity contribution < 1.29 is 0 Å². The van der Waals surface area contributed by atoms with Gasteiger partial charge in [-0.3, -0.25) is 4.57 Å². The first-order valence-electron chi connectivity index (χ1n) is 10.8. The van der Waals surface area contributed by atoms with Gasteiger partial charge >= 0.3 is 0 Å². The molecule has 6 heteroatoms. The third-order valence-corrected chi connectivity index (χ3v) is 6.31. The number of pyridine rings is 1. The molecule has 1 aromatic carbocycles. The van der Waals surface area contributed by atoms with Crippen molar-refractivity contribution in [1.82, 2.24) is 19.1 Å². The van der Waals surface area contributed by atoms with Crippen LogP contribution in [0, 0.1) is 11.3 Å². The number of nitriles is 1. The smallest absolute Gasteiger partial charge is 0.161 e. The summed E-state index contributed by atoms with van der Waals surface area (Å²) >= 11 is 0. The molecule has 3 aromatic heterocycles. The second-order valence-corrected chi connectivity index (χ2v) is 8.23. The molecular formula is C25H22N6. The van der Waals surface area contributed by atoms with Crippen LogP contribution in [-0.4, -0.2) is 32.2 Å². The van der Waals surface area contributed by atoms with Crippen molar-refractivity contribution in [3.05, 3.63) is 72.3 Å². The Bertz CT molecular complexity index is 1300. The van der Waals surface area contributed by atoms with Gasteiger partial charge in [0.15, 0.2) is 5.82 Å². The molecule has 0 radical (unpaired) electrons. The number of benzene rings is 1. The second-order valence-electron chi connectivity index (χ2n) is 8.23. The van der Waals surface area contributed by atoms with Gasteiger partial charge in [-0.15, -0.1) is 0 Å². The lowest BCUT2D eigenvalue weighted by molar-refractivity contribution is 0.572. The van der Waals surface area contributed by atoms with Crippen molar-refractivity contribution in [2.75, 3.05) is 18.0 Å². The van der Waals surface area contributed by atoms with Gasteiger partial charge in [-0.1, -0.05) is 12.1 Å². The van der Waals surface area contributed by atoms with Crippen LogP contribution in [0.1, 0.15) is 30.5 Å². The summed E-state index contributed by atoms with van der Waals surface area (Å²) in [6.45, 7) is 2.87. The van der Waals surface area contributed by atoms with E-state index in [0.29, 0.717) is 12.1 Å². The minimum atomic E-state index is 0.670. The molecule has 4 aromatic rings. The van der Waals surface area contributed by atoms with Crippen molar-refractivity contribution in [3.8, 4) is 34.4 Å². The lowest BCUT2D eigenvalue weighted by Crippen LogP contribution is -2.30. The summed E-state index contributed by atoms with van der Waals surface area (Å²) in [6, 6.07) is 16.4. The van der Waals surface area contributed by atoms with Crippen LogP contribution in [0.25, 0.3) is 28.3 Å². The average Bonchev–Trinajstić information content (AvgIpc) is 3.45. The van der Waals surface area contributed by atoms with Crippen LogP contribution in [0.3, 0.4) is 0 Å². The Hall–Kier alpha value is -3.85. The van der Waals surface area contributed by atoms with Gasteiger partial charge in [0.2, 0.25) is 0 Å². The molecule has 0 atom stereocenters. The first-order chi connectivity index (χ1) is 15.3. The summed E-state index contributed by atoms with van der Waals surface area (Å²) in [5.41, 5.74) is 6.10. The first kappa shape index (κ1) is 18.0. The fraction of sp³-hybridized carbons (Fsp3) is 0.240. The van der Waals surface area contributed by atoms with Crippen LogP contribution < -0.4 is 4.90 Å². The normalized spacial score (nSPS) is 14.9. The Kier molecular flexibility index (Phi) is 4.13. The fourth-order valence-corrected chi connectivity index (χ4v) is 4.69. The predicted octanol–water partition coefficient (Wildman–Crippen LogP) is 4.63. The van der Waals surface area contributed by atoms with E-state index in [1.54, 1.807) is 0 Å². The van der Waals surface area contributed by atoms with E-state index in [0.717, 1.165) is 52.9 Å². The van der Waals surface area contributed by atoms with Gasteiger partial charge in [0.25, 0.3) is 0 Å². The highest BCUT2D eigenvalue weighted by atomic mass is 15.2. The highest BCUT2D eigenvalue weighted by Gasteiger charge is 2.23. The van der Waals surface area contributed by atoms with Gasteiger partial charge in [0.05, 0.1) is 35.3 Å². The van der Waals surface area contributed by atoms with Crippen LogP contribution in [0.5, 0.6) is 0 Å². The molecule has 2 aliphatic rings. The Morgan fingerprint density at radius 3 is 2.58 bits per heavy atom. The molecule has 0 amide bonds. The van der Waals surface area contributed by atoms with Gasteiger partial charge < -0.3 is 9.47 Å². The minimum absolute atomic E-state index is 0.670. The maximum Gasteiger partial charge on any atom is 0.161 e. The molecule has 2 aliphatic heterocycles. The second kappa shape index (κ2) is 7.13. The number of nitrogens with zero attached hydrogens (tertiary/aromatic N) is 6. The molecule has 0 aliphatic carbocycles. The first-order valence-corrected chi connectivity index (χ1v) is 10.8. The van der Waals surface area contributed by atoms with Gasteiger partial charge in [-0.2, -0.15) is 5.26 Å². The van der Waals surface area contributed by atoms with E-state index in [-0.39, 0.29) is 0 Å². The fourth-order valence-electron chi connectivity index (χ4n) is 4.69. The molecule has 31 heavy (non-hydrogen) atoms. The molecule has 0 N–H and O–H groups in total. The molecule has 6 rings (SSSR count). The van der Waals surface area contributed by atoms with Gasteiger partial charge in [-0.05, 0) is 55.2 Å². The van der Waals surface area contributed by atoms with E-state index in [4.69, 9.17) is 10.2 Å². The Morgan fingerprint density at radius 2 is 1.77 bits per heavy atom. The maximum absolute atomic E-state index is 9.08. The van der Waals surface area contributed by atoms with E-state index >= 15 is 0 Å². The molecular weight excluding hydrogens is 384 g/mol. The monoisotopic (exact) mass is 406 g/mol. The summed E-state index contributed by atoms with van der Waals surface area (Å²) in [4.78, 5) is 12.2. The zero-order valence-corrected chi connectivity index (χ0v) is 17.2. The number of imidazole rings is 1. The predicted molar refractivity (Wildman–Crippen MR) is 120 cm³/mol. The zero-order chi connectivity index (χ0) is 20.8. The number of piperidine rings is 1. The van der Waals surface area contributed by atoms with Crippen molar-refractivity contribution in [3.63, 3.8) is 0 Å². The molecule has 1 saturated heterocycles. The lowest BCUT2D eigenvalue weighted by Gasteiger charge is -2.28. The lowest BCUT2D eigenvalue weighted by atomic mass is 10.1. The topological polar surface area (TPSA) is 62.7 Å². The Balaban J connectivity index is 1.44. The summed E-state index contributed by atoms with van der Waals surface area (Å²) in [5, 5.41) is 9.08. The van der Waals surface area contributed by atoms with E-state index in [1.807, 2.05) is 36.7 Å². The van der Waals surface area contributed by atoms with Crippen LogP contribution in [-0.2, 0) is 6.54 Å². The Labute approximate surface area is 181 Å². The summed E-state index contributed by atoms with van der Waals surface area (Å²) < 4.78 is 4.38. The zero-order valence-electron chi connectivity index (χ0n) is 17.2. The Morgan fingerprint density at radius 1 is 0.935 bits per heavy atom. The third kappa shape index (κ3) is 3.01. The standard InChI is InChI=1S/C25H22N6/c26-15-18-4-6-19(7-5-18)20-14-23-25-27-10-13-31(25)22-8-9-24(29-11-2-1-3-12-29)28-21(22)17-30(23)16-20/h4-10,13-14,16H,1-3,11-12,17H2. The van der Waals surface area contributed by atoms with Crippen molar-refractivity contribution in [2.45, 2.75) is 25.8 Å². The molecule has 1 fully saturated rings. The summed E-state index contributed by atoms with van der Waals surface area (Å²) in [5.74, 6) is 1.99. The molecule has 152 valence electrons. The van der Waals surface area contributed by atoms with E-state index in [2.05, 4.69) is 49.5 Å². The molecule has 0 spiro atoms. The van der Waals surface area contributed by atoms with Crippen molar-refractivity contribution in [2.24, 2.45) is 0 Å². The van der Waals surface area contributed by atoms with Crippen LogP contribution in [0.15, 0.2) is 61.1 Å². The molecule has 0 unspecified atom stereocenters. The third-order valence-electron chi connectivity index (χ3n) is 6.31. The van der Waals surface area contributed by atoms with E-state index < -0.39 is 0 Å². The van der Waals surface area contributed by atoms with Crippen molar-refractivity contribution in [1.29, 1.82) is 5.26 Å². The maximum atomic E-state index is 9.08. The van der Waals surface area contributed by atoms with Gasteiger partial charge in [0.1, 0.15) is 5.82 Å². The quantitative estimate of drug-likeness (QED) is 0.429. The largest absolute Gasteiger partial charge is 0.357 e. The molecule has 0 saturated carbocycles. The number of hydrogen-bond acceptors (Lipinski definition) is 4. The van der Waals surface area contributed by atoms with E-state index in [1.165, 1.54) is 19.3 Å². The highest BCUT2D eigenvalue weighted by molar-refractivity contribution is 5.72. The summed E-state index contributed by atoms with van der Waals surface area (Å²) in [7, 11) is 0. The summed E-state index contributed by atoms with van der Waals surface area (Å²) in [6.07, 6.45) is 9.81. The number of rotatable bonds is 2. The number of aromatic nitrogens is 4. The van der Waals surface area contributed by atoms with Gasteiger partial charge in [-0.25, -0.2) is 9.97 Å². The van der Waals surface area contributed by atoms with Crippen LogP contribution in [0.2, 0.25) is 0 Å².